The standard InChI is InChI=1S/C13H15ClN2O2.2C2H6/c1-4-8(2)12-10-5-9(14)6-11(13(17)18-3)16(10)7-15-12;2*1-2/h5-8H,4H2,1-3H3;2*1-2H3. The Morgan fingerprint density at radius 2 is 1.91 bits per heavy atom. The van der Waals surface area contributed by atoms with Crippen LogP contribution in [0.5, 0.6) is 0 Å². The topological polar surface area (TPSA) is 43.6 Å². The highest BCUT2D eigenvalue weighted by Crippen LogP contribution is 2.26. The molecule has 0 aliphatic rings. The maximum atomic E-state index is 11.7. The first-order valence-corrected chi connectivity index (χ1v) is 8.21. The number of pyridine rings is 1. The molecule has 2 aromatic rings. The van der Waals surface area contributed by atoms with E-state index in [9.17, 15) is 4.79 Å². The summed E-state index contributed by atoms with van der Waals surface area (Å²) in [6.45, 7) is 12.2. The first-order chi connectivity index (χ1) is 10.6. The van der Waals surface area contributed by atoms with Crippen LogP contribution in [-0.4, -0.2) is 22.5 Å². The van der Waals surface area contributed by atoms with Crippen LogP contribution < -0.4 is 0 Å². The Morgan fingerprint density at radius 3 is 2.41 bits per heavy atom. The smallest absolute Gasteiger partial charge is 0.355 e. The molecule has 0 N–H and O–H groups in total. The molecule has 0 bridgehead atoms. The molecule has 2 heterocycles. The molecule has 1 unspecified atom stereocenters. The fourth-order valence-electron chi connectivity index (χ4n) is 1.91. The molecule has 0 aliphatic carbocycles. The zero-order valence-electron chi connectivity index (χ0n) is 14.6. The molecule has 0 amide bonds. The third-order valence-electron chi connectivity index (χ3n) is 3.12. The van der Waals surface area contributed by atoms with Crippen molar-refractivity contribution in [3.63, 3.8) is 0 Å². The number of halogens is 1. The quantitative estimate of drug-likeness (QED) is 0.715. The second kappa shape index (κ2) is 10.2. The van der Waals surface area contributed by atoms with E-state index < -0.39 is 5.97 Å². The van der Waals surface area contributed by atoms with Crippen molar-refractivity contribution in [2.75, 3.05) is 7.11 Å². The van der Waals surface area contributed by atoms with E-state index in [4.69, 9.17) is 16.3 Å². The first-order valence-electron chi connectivity index (χ1n) is 7.83. The molecule has 2 rings (SSSR count). The van der Waals surface area contributed by atoms with Gasteiger partial charge in [0.2, 0.25) is 0 Å². The molecule has 0 aromatic carbocycles. The van der Waals surface area contributed by atoms with Gasteiger partial charge in [-0.2, -0.15) is 0 Å². The van der Waals surface area contributed by atoms with Gasteiger partial charge in [-0.05, 0) is 18.6 Å². The second-order valence-electron chi connectivity index (χ2n) is 4.24. The molecule has 0 saturated heterocycles. The van der Waals surface area contributed by atoms with Crippen LogP contribution in [0.4, 0.5) is 0 Å². The minimum absolute atomic E-state index is 0.318. The van der Waals surface area contributed by atoms with Gasteiger partial charge in [-0.3, -0.25) is 4.40 Å². The van der Waals surface area contributed by atoms with Gasteiger partial charge in [0, 0.05) is 10.9 Å². The zero-order valence-corrected chi connectivity index (χ0v) is 15.4. The lowest BCUT2D eigenvalue weighted by Crippen LogP contribution is -2.07. The van der Waals surface area contributed by atoms with Crippen molar-refractivity contribution >= 4 is 23.1 Å². The molecular formula is C17H27ClN2O2. The summed E-state index contributed by atoms with van der Waals surface area (Å²) in [7, 11) is 1.35. The minimum Gasteiger partial charge on any atom is -0.464 e. The van der Waals surface area contributed by atoms with Crippen LogP contribution in [0.25, 0.3) is 5.52 Å². The fraction of sp³-hybridized carbons (Fsp3) is 0.529. The average Bonchev–Trinajstić information content (AvgIpc) is 2.99. The summed E-state index contributed by atoms with van der Waals surface area (Å²) in [5.41, 5.74) is 2.20. The number of hydrogen-bond acceptors (Lipinski definition) is 3. The van der Waals surface area contributed by atoms with Gasteiger partial charge in [0.25, 0.3) is 0 Å². The number of aromatic nitrogens is 2. The lowest BCUT2D eigenvalue weighted by Gasteiger charge is -2.08. The fourth-order valence-corrected chi connectivity index (χ4v) is 2.12. The van der Waals surface area contributed by atoms with Gasteiger partial charge in [-0.15, -0.1) is 0 Å². The van der Waals surface area contributed by atoms with E-state index in [1.165, 1.54) is 7.11 Å². The summed E-state index contributed by atoms with van der Waals surface area (Å²) in [5, 5.41) is 0.507. The molecule has 0 aliphatic heterocycles. The largest absolute Gasteiger partial charge is 0.464 e. The molecule has 4 nitrogen and oxygen atoms in total. The molecule has 0 radical (unpaired) electrons. The predicted molar refractivity (Wildman–Crippen MR) is 92.9 cm³/mol. The SMILES string of the molecule is CC.CC.CCC(C)c1ncn2c(C(=O)OC)cc(Cl)cc12. The number of imidazole rings is 1. The van der Waals surface area contributed by atoms with Gasteiger partial charge in [-0.1, -0.05) is 53.1 Å². The van der Waals surface area contributed by atoms with Gasteiger partial charge in [0.1, 0.15) is 12.0 Å². The Morgan fingerprint density at radius 1 is 1.32 bits per heavy atom. The predicted octanol–water partition coefficient (Wildman–Crippen LogP) is 5.34. The zero-order chi connectivity index (χ0) is 17.3. The molecule has 1 atom stereocenters. The van der Waals surface area contributed by atoms with Crippen LogP contribution in [0.15, 0.2) is 18.5 Å². The number of rotatable bonds is 3. The van der Waals surface area contributed by atoms with Crippen molar-refractivity contribution in [1.82, 2.24) is 9.38 Å². The van der Waals surface area contributed by atoms with Crippen molar-refractivity contribution in [3.8, 4) is 0 Å². The maximum Gasteiger partial charge on any atom is 0.355 e. The lowest BCUT2D eigenvalue weighted by molar-refractivity contribution is 0.0592. The number of carbonyl (C=O) groups excluding carboxylic acids is 1. The van der Waals surface area contributed by atoms with Crippen LogP contribution in [0.2, 0.25) is 5.02 Å². The van der Waals surface area contributed by atoms with Crippen molar-refractivity contribution in [2.45, 2.75) is 53.9 Å². The van der Waals surface area contributed by atoms with Crippen molar-refractivity contribution < 1.29 is 9.53 Å². The maximum absolute atomic E-state index is 11.7. The molecule has 2 aromatic heterocycles. The number of hydrogen-bond donors (Lipinski definition) is 0. The van der Waals surface area contributed by atoms with Gasteiger partial charge < -0.3 is 4.74 Å². The van der Waals surface area contributed by atoms with Crippen LogP contribution in [0.1, 0.15) is 70.1 Å². The van der Waals surface area contributed by atoms with E-state index in [1.54, 1.807) is 16.8 Å². The number of fused-ring (bicyclic) bond motifs is 1. The number of carbonyl (C=O) groups is 1. The van der Waals surface area contributed by atoms with Gasteiger partial charge >= 0.3 is 5.97 Å². The van der Waals surface area contributed by atoms with Crippen LogP contribution in [0.3, 0.4) is 0 Å². The Balaban J connectivity index is 0.00000102. The Hall–Kier alpha value is -1.55. The number of ether oxygens (including phenoxy) is 1. The van der Waals surface area contributed by atoms with E-state index in [-0.39, 0.29) is 0 Å². The molecule has 124 valence electrons. The summed E-state index contributed by atoms with van der Waals surface area (Å²) < 4.78 is 6.47. The second-order valence-corrected chi connectivity index (χ2v) is 4.68. The third-order valence-corrected chi connectivity index (χ3v) is 3.33. The lowest BCUT2D eigenvalue weighted by atomic mass is 10.0. The van der Waals surface area contributed by atoms with Gasteiger partial charge in [0.15, 0.2) is 0 Å². The third kappa shape index (κ3) is 4.47. The van der Waals surface area contributed by atoms with E-state index in [0.717, 1.165) is 17.6 Å². The number of esters is 1. The van der Waals surface area contributed by atoms with Crippen molar-refractivity contribution in [1.29, 1.82) is 0 Å². The summed E-state index contributed by atoms with van der Waals surface area (Å²) in [4.78, 5) is 16.1. The molecular weight excluding hydrogens is 300 g/mol. The van der Waals surface area contributed by atoms with Gasteiger partial charge in [0.05, 0.1) is 18.3 Å². The normalized spacial score (nSPS) is 10.9. The molecule has 5 heteroatoms. The van der Waals surface area contributed by atoms with E-state index in [1.807, 2.05) is 33.8 Å². The molecule has 0 spiro atoms. The summed E-state index contributed by atoms with van der Waals surface area (Å²) in [5.74, 6) is -0.102. The van der Waals surface area contributed by atoms with Gasteiger partial charge in [-0.25, -0.2) is 9.78 Å². The van der Waals surface area contributed by atoms with E-state index in [2.05, 4.69) is 18.8 Å². The van der Waals surface area contributed by atoms with E-state index >= 15 is 0 Å². The first kappa shape index (κ1) is 20.5. The average molecular weight is 327 g/mol. The minimum atomic E-state index is -0.421. The number of methoxy groups -OCH3 is 1. The Kier molecular flexibility index (Phi) is 9.50. The summed E-state index contributed by atoms with van der Waals surface area (Å²) in [6.07, 6.45) is 2.62. The Labute approximate surface area is 138 Å². The van der Waals surface area contributed by atoms with Crippen LogP contribution in [-0.2, 0) is 4.74 Å². The highest BCUT2D eigenvalue weighted by Gasteiger charge is 2.17. The summed E-state index contributed by atoms with van der Waals surface area (Å²) in [6, 6.07) is 3.41. The monoisotopic (exact) mass is 326 g/mol. The highest BCUT2D eigenvalue weighted by atomic mass is 35.5. The van der Waals surface area contributed by atoms with E-state index in [0.29, 0.717) is 16.6 Å². The van der Waals surface area contributed by atoms with Crippen molar-refractivity contribution in [2.24, 2.45) is 0 Å². The Bertz CT molecular complexity index is 594. The molecule has 0 saturated carbocycles. The van der Waals surface area contributed by atoms with Crippen LogP contribution in [0, 0.1) is 0 Å². The molecule has 0 fully saturated rings. The highest BCUT2D eigenvalue weighted by molar-refractivity contribution is 6.31. The molecule has 22 heavy (non-hydrogen) atoms. The van der Waals surface area contributed by atoms with Crippen LogP contribution >= 0.6 is 11.6 Å². The van der Waals surface area contributed by atoms with Crippen molar-refractivity contribution in [3.05, 3.63) is 34.9 Å². The summed E-state index contributed by atoms with van der Waals surface area (Å²) >= 11 is 6.05. The number of nitrogens with zero attached hydrogens (tertiary/aromatic N) is 2.